The summed E-state index contributed by atoms with van der Waals surface area (Å²) in [4.78, 5) is 39.3. The molecule has 0 spiro atoms. The van der Waals surface area contributed by atoms with Crippen LogP contribution >= 0.6 is 11.3 Å². The van der Waals surface area contributed by atoms with Crippen molar-refractivity contribution in [3.63, 3.8) is 0 Å². The van der Waals surface area contributed by atoms with Crippen LogP contribution < -0.4 is 10.6 Å². The van der Waals surface area contributed by atoms with Gasteiger partial charge in [0.2, 0.25) is 11.9 Å². The van der Waals surface area contributed by atoms with E-state index in [2.05, 4.69) is 25.6 Å². The number of anilines is 2. The molecule has 2 aromatic rings. The molecule has 3 heterocycles. The second-order valence-corrected chi connectivity index (χ2v) is 6.47. The van der Waals surface area contributed by atoms with E-state index < -0.39 is 0 Å². The zero-order valence-electron chi connectivity index (χ0n) is 13.4. The third kappa shape index (κ3) is 3.35. The number of rotatable bonds is 5. The van der Waals surface area contributed by atoms with Crippen LogP contribution in [-0.4, -0.2) is 51.3 Å². The number of aromatic nitrogens is 3. The standard InChI is InChI=1S/C15H18N6O2S/c1-3-16-15-20-11-9(2)7-21(13(23)12(11)24-15)8-10(22)19-14-17-5-4-6-18-14/h4-6,9H,3,7-8H2,1-2H3,(H,16,20)(H,17,18,19,22). The Kier molecular flexibility index (Phi) is 4.70. The van der Waals surface area contributed by atoms with Crippen molar-refractivity contribution in [2.45, 2.75) is 19.8 Å². The third-order valence-corrected chi connectivity index (χ3v) is 4.59. The summed E-state index contributed by atoms with van der Waals surface area (Å²) in [6.45, 7) is 5.16. The van der Waals surface area contributed by atoms with Crippen LogP contribution in [0.1, 0.15) is 35.1 Å². The molecule has 2 amide bonds. The molecule has 9 heteroatoms. The van der Waals surface area contributed by atoms with Crippen LogP contribution in [-0.2, 0) is 4.79 Å². The smallest absolute Gasteiger partial charge is 0.266 e. The minimum Gasteiger partial charge on any atom is -0.362 e. The molecule has 0 aromatic carbocycles. The van der Waals surface area contributed by atoms with Crippen molar-refractivity contribution in [3.05, 3.63) is 29.0 Å². The van der Waals surface area contributed by atoms with Crippen molar-refractivity contribution >= 4 is 34.2 Å². The second kappa shape index (κ2) is 6.91. The summed E-state index contributed by atoms with van der Waals surface area (Å²) in [6, 6.07) is 1.67. The number of hydrogen-bond donors (Lipinski definition) is 2. The monoisotopic (exact) mass is 346 g/mol. The molecule has 3 rings (SSSR count). The van der Waals surface area contributed by atoms with Crippen molar-refractivity contribution in [3.8, 4) is 0 Å². The normalized spacial score (nSPS) is 16.7. The maximum Gasteiger partial charge on any atom is 0.266 e. The summed E-state index contributed by atoms with van der Waals surface area (Å²) in [5.74, 6) is -0.162. The zero-order chi connectivity index (χ0) is 17.1. The molecule has 1 unspecified atom stereocenters. The Morgan fingerprint density at radius 2 is 2.17 bits per heavy atom. The van der Waals surface area contributed by atoms with Gasteiger partial charge in [0.25, 0.3) is 5.91 Å². The molecule has 2 N–H and O–H groups in total. The fourth-order valence-corrected chi connectivity index (χ4v) is 3.65. The molecule has 2 aromatic heterocycles. The van der Waals surface area contributed by atoms with Crippen LogP contribution in [0.5, 0.6) is 0 Å². The third-order valence-electron chi connectivity index (χ3n) is 3.58. The molecule has 0 saturated carbocycles. The summed E-state index contributed by atoms with van der Waals surface area (Å²) >= 11 is 1.34. The van der Waals surface area contributed by atoms with Gasteiger partial charge < -0.3 is 10.2 Å². The lowest BCUT2D eigenvalue weighted by Crippen LogP contribution is -2.43. The van der Waals surface area contributed by atoms with Crippen LogP contribution in [0.2, 0.25) is 0 Å². The van der Waals surface area contributed by atoms with E-state index in [1.807, 2.05) is 13.8 Å². The number of carbonyl (C=O) groups excluding carboxylic acids is 2. The van der Waals surface area contributed by atoms with E-state index in [-0.39, 0.29) is 30.2 Å². The minimum atomic E-state index is -0.318. The number of fused-ring (bicyclic) bond motifs is 1. The first-order chi connectivity index (χ1) is 11.6. The highest BCUT2D eigenvalue weighted by molar-refractivity contribution is 7.17. The van der Waals surface area contributed by atoms with E-state index >= 15 is 0 Å². The molecule has 0 radical (unpaired) electrons. The zero-order valence-corrected chi connectivity index (χ0v) is 14.3. The maximum atomic E-state index is 12.6. The van der Waals surface area contributed by atoms with Gasteiger partial charge >= 0.3 is 0 Å². The average Bonchev–Trinajstić information content (AvgIpc) is 2.98. The predicted molar refractivity (Wildman–Crippen MR) is 91.3 cm³/mol. The molecule has 1 aliphatic rings. The number of amides is 2. The summed E-state index contributed by atoms with van der Waals surface area (Å²) in [7, 11) is 0. The second-order valence-electron chi connectivity index (χ2n) is 5.47. The summed E-state index contributed by atoms with van der Waals surface area (Å²) in [6.07, 6.45) is 3.09. The number of carbonyl (C=O) groups is 2. The van der Waals surface area contributed by atoms with Gasteiger partial charge in [-0.3, -0.25) is 14.9 Å². The van der Waals surface area contributed by atoms with E-state index in [9.17, 15) is 9.59 Å². The van der Waals surface area contributed by atoms with Gasteiger partial charge in [-0.15, -0.1) is 0 Å². The molecule has 1 atom stereocenters. The molecule has 0 fully saturated rings. The Hall–Kier alpha value is -2.55. The van der Waals surface area contributed by atoms with E-state index in [0.29, 0.717) is 11.4 Å². The van der Waals surface area contributed by atoms with E-state index in [0.717, 1.165) is 17.4 Å². The Bertz CT molecular complexity index is 748. The van der Waals surface area contributed by atoms with Gasteiger partial charge in [0.15, 0.2) is 5.13 Å². The van der Waals surface area contributed by atoms with Crippen LogP contribution in [0.25, 0.3) is 0 Å². The average molecular weight is 346 g/mol. The molecule has 0 aliphatic carbocycles. The van der Waals surface area contributed by atoms with Crippen molar-refractivity contribution in [1.29, 1.82) is 0 Å². The first-order valence-electron chi connectivity index (χ1n) is 7.69. The fourth-order valence-electron chi connectivity index (χ4n) is 2.53. The molecule has 0 saturated heterocycles. The lowest BCUT2D eigenvalue weighted by Gasteiger charge is -2.29. The van der Waals surface area contributed by atoms with E-state index in [4.69, 9.17) is 0 Å². The van der Waals surface area contributed by atoms with Gasteiger partial charge in [0.1, 0.15) is 11.4 Å². The van der Waals surface area contributed by atoms with Gasteiger partial charge in [-0.2, -0.15) is 0 Å². The van der Waals surface area contributed by atoms with Crippen molar-refractivity contribution in [1.82, 2.24) is 19.9 Å². The van der Waals surface area contributed by atoms with Crippen molar-refractivity contribution < 1.29 is 9.59 Å². The number of thiazole rings is 1. The largest absolute Gasteiger partial charge is 0.362 e. The molecule has 8 nitrogen and oxygen atoms in total. The maximum absolute atomic E-state index is 12.6. The lowest BCUT2D eigenvalue weighted by atomic mass is 10.0. The lowest BCUT2D eigenvalue weighted by molar-refractivity contribution is -0.117. The summed E-state index contributed by atoms with van der Waals surface area (Å²) in [5.41, 5.74) is 0.809. The Morgan fingerprint density at radius 3 is 2.88 bits per heavy atom. The molecule has 24 heavy (non-hydrogen) atoms. The molecule has 1 aliphatic heterocycles. The Labute approximate surface area is 143 Å². The van der Waals surface area contributed by atoms with Crippen molar-refractivity contribution in [2.75, 3.05) is 30.3 Å². The predicted octanol–water partition coefficient (Wildman–Crippen LogP) is 1.56. The first-order valence-corrected chi connectivity index (χ1v) is 8.51. The molecule has 126 valence electrons. The highest BCUT2D eigenvalue weighted by Gasteiger charge is 2.33. The molecular formula is C15H18N6O2S. The van der Waals surface area contributed by atoms with Crippen LogP contribution in [0.3, 0.4) is 0 Å². The summed E-state index contributed by atoms with van der Waals surface area (Å²) in [5, 5.41) is 6.47. The van der Waals surface area contributed by atoms with Gasteiger partial charge in [-0.05, 0) is 13.0 Å². The Balaban J connectivity index is 1.71. The van der Waals surface area contributed by atoms with Crippen molar-refractivity contribution in [2.24, 2.45) is 0 Å². The number of hydrogen-bond acceptors (Lipinski definition) is 7. The number of nitrogens with one attached hydrogen (secondary N) is 2. The molecular weight excluding hydrogens is 328 g/mol. The van der Waals surface area contributed by atoms with Crippen LogP contribution in [0.4, 0.5) is 11.1 Å². The van der Waals surface area contributed by atoms with E-state index in [1.165, 1.54) is 11.3 Å². The first kappa shape index (κ1) is 16.3. The van der Waals surface area contributed by atoms with Gasteiger partial charge in [-0.1, -0.05) is 18.3 Å². The highest BCUT2D eigenvalue weighted by atomic mass is 32.1. The quantitative estimate of drug-likeness (QED) is 0.852. The minimum absolute atomic E-state index is 0.0324. The number of nitrogens with zero attached hydrogens (tertiary/aromatic N) is 4. The SMILES string of the molecule is CCNc1nc2c(s1)C(=O)N(CC(=O)Nc1ncccn1)CC2C. The van der Waals surface area contributed by atoms with Crippen LogP contribution in [0.15, 0.2) is 18.5 Å². The molecule has 0 bridgehead atoms. The van der Waals surface area contributed by atoms with Gasteiger partial charge in [-0.25, -0.2) is 15.0 Å². The van der Waals surface area contributed by atoms with Crippen LogP contribution in [0, 0.1) is 0 Å². The fraction of sp³-hybridized carbons (Fsp3) is 0.400. The Morgan fingerprint density at radius 1 is 1.42 bits per heavy atom. The summed E-state index contributed by atoms with van der Waals surface area (Å²) < 4.78 is 0. The van der Waals surface area contributed by atoms with E-state index in [1.54, 1.807) is 23.4 Å². The van der Waals surface area contributed by atoms with Gasteiger partial charge in [0, 0.05) is 31.4 Å². The topological polar surface area (TPSA) is 100 Å². The van der Waals surface area contributed by atoms with Gasteiger partial charge in [0.05, 0.1) is 5.69 Å². The highest BCUT2D eigenvalue weighted by Crippen LogP contribution is 2.33.